The van der Waals surface area contributed by atoms with Crippen LogP contribution in [-0.4, -0.2) is 32.7 Å². The molecule has 3 rings (SSSR count). The lowest BCUT2D eigenvalue weighted by Gasteiger charge is -2.18. The van der Waals surface area contributed by atoms with Crippen LogP contribution < -0.4 is 20.7 Å². The highest BCUT2D eigenvalue weighted by Gasteiger charge is 2.23. The van der Waals surface area contributed by atoms with Gasteiger partial charge in [-0.05, 0) is 36.6 Å². The second kappa shape index (κ2) is 9.72. The van der Waals surface area contributed by atoms with Crippen LogP contribution >= 0.6 is 24.0 Å². The molecule has 0 aromatic heterocycles. The molecule has 1 atom stereocenters. The molecule has 1 heterocycles. The Morgan fingerprint density at radius 3 is 2.78 bits per heavy atom. The number of hydrogen-bond acceptors (Lipinski definition) is 3. The summed E-state index contributed by atoms with van der Waals surface area (Å²) in [6, 6.07) is 11.5. The van der Waals surface area contributed by atoms with E-state index in [-0.39, 0.29) is 24.0 Å². The van der Waals surface area contributed by atoms with Gasteiger partial charge in [-0.25, -0.2) is 8.78 Å². The van der Waals surface area contributed by atoms with E-state index in [1.54, 1.807) is 13.2 Å². The number of methoxy groups -OCH3 is 1. The summed E-state index contributed by atoms with van der Waals surface area (Å²) in [7, 11) is 1.60. The number of nitrogens with zero attached hydrogens (tertiary/aromatic N) is 2. The standard InChI is InChI=1S/C19H22F2N4O.HI/c1-26-18-5-3-2-4-17(18)24-19(22)23-11-13-8-9-25(12-13)14-6-7-15(20)16(21)10-14;/h2-7,10,13H,8-9,11-12H2,1H3,(H3,22,23,24);1H. The van der Waals surface area contributed by atoms with Gasteiger partial charge in [-0.15, -0.1) is 24.0 Å². The molecule has 0 amide bonds. The molecule has 5 nitrogen and oxygen atoms in total. The lowest BCUT2D eigenvalue weighted by molar-refractivity contribution is 0.417. The van der Waals surface area contributed by atoms with Crippen molar-refractivity contribution in [3.8, 4) is 5.75 Å². The van der Waals surface area contributed by atoms with Gasteiger partial charge >= 0.3 is 0 Å². The van der Waals surface area contributed by atoms with Gasteiger partial charge in [0.05, 0.1) is 12.8 Å². The van der Waals surface area contributed by atoms with E-state index in [9.17, 15) is 8.78 Å². The van der Waals surface area contributed by atoms with Gasteiger partial charge in [0.15, 0.2) is 17.6 Å². The third-order valence-corrected chi connectivity index (χ3v) is 4.44. The quantitative estimate of drug-likeness (QED) is 0.382. The van der Waals surface area contributed by atoms with E-state index in [1.165, 1.54) is 6.07 Å². The van der Waals surface area contributed by atoms with Crippen LogP contribution in [0.4, 0.5) is 20.2 Å². The zero-order valence-corrected chi connectivity index (χ0v) is 17.3. The van der Waals surface area contributed by atoms with Crippen molar-refractivity contribution in [1.82, 2.24) is 0 Å². The van der Waals surface area contributed by atoms with E-state index in [4.69, 9.17) is 10.5 Å². The molecule has 0 spiro atoms. The molecule has 0 aliphatic carbocycles. The maximum Gasteiger partial charge on any atom is 0.193 e. The first-order valence-corrected chi connectivity index (χ1v) is 8.47. The van der Waals surface area contributed by atoms with Crippen LogP contribution in [0.1, 0.15) is 6.42 Å². The Kier molecular flexibility index (Phi) is 7.64. The van der Waals surface area contributed by atoms with Crippen molar-refractivity contribution in [3.63, 3.8) is 0 Å². The summed E-state index contributed by atoms with van der Waals surface area (Å²) in [5, 5.41) is 3.04. The van der Waals surface area contributed by atoms with E-state index in [2.05, 4.69) is 10.3 Å². The summed E-state index contributed by atoms with van der Waals surface area (Å²) in [5.74, 6) is -0.337. The van der Waals surface area contributed by atoms with Gasteiger partial charge in [0, 0.05) is 31.4 Å². The first-order chi connectivity index (χ1) is 12.6. The molecule has 8 heteroatoms. The van der Waals surface area contributed by atoms with Crippen molar-refractivity contribution in [2.45, 2.75) is 6.42 Å². The zero-order chi connectivity index (χ0) is 18.5. The summed E-state index contributed by atoms with van der Waals surface area (Å²) in [6.07, 6.45) is 0.921. The van der Waals surface area contributed by atoms with E-state index in [0.717, 1.165) is 31.3 Å². The number of para-hydroxylation sites is 2. The lowest BCUT2D eigenvalue weighted by Crippen LogP contribution is -2.25. The minimum absolute atomic E-state index is 0. The van der Waals surface area contributed by atoms with Gasteiger partial charge in [0.1, 0.15) is 5.75 Å². The maximum absolute atomic E-state index is 13.4. The minimum atomic E-state index is -0.829. The third kappa shape index (κ3) is 5.44. The molecule has 1 fully saturated rings. The Morgan fingerprint density at radius 1 is 1.26 bits per heavy atom. The lowest BCUT2D eigenvalue weighted by atomic mass is 10.1. The van der Waals surface area contributed by atoms with Crippen LogP contribution in [0.25, 0.3) is 0 Å². The van der Waals surface area contributed by atoms with Crippen molar-refractivity contribution in [3.05, 3.63) is 54.1 Å². The monoisotopic (exact) mass is 488 g/mol. The highest BCUT2D eigenvalue weighted by molar-refractivity contribution is 14.0. The third-order valence-electron chi connectivity index (χ3n) is 4.44. The molecule has 146 valence electrons. The molecular formula is C19H23F2IN4O. The number of rotatable bonds is 5. The molecule has 3 N–H and O–H groups in total. The van der Waals surface area contributed by atoms with E-state index < -0.39 is 11.6 Å². The number of nitrogens with one attached hydrogen (secondary N) is 1. The summed E-state index contributed by atoms with van der Waals surface area (Å²) in [5.41, 5.74) is 7.41. The number of hydrogen-bond donors (Lipinski definition) is 2. The van der Waals surface area contributed by atoms with Crippen molar-refractivity contribution >= 4 is 41.3 Å². The van der Waals surface area contributed by atoms with Crippen LogP contribution in [-0.2, 0) is 0 Å². The Morgan fingerprint density at radius 2 is 2.04 bits per heavy atom. The SMILES string of the molecule is COc1ccccc1NC(N)=NCC1CCN(c2ccc(F)c(F)c2)C1.I. The Labute approximate surface area is 174 Å². The van der Waals surface area contributed by atoms with Gasteiger partial charge in [-0.2, -0.15) is 0 Å². The number of anilines is 2. The first-order valence-electron chi connectivity index (χ1n) is 8.47. The van der Waals surface area contributed by atoms with Gasteiger partial charge in [-0.3, -0.25) is 4.99 Å². The Bertz CT molecular complexity index is 803. The van der Waals surface area contributed by atoms with Crippen LogP contribution in [0.3, 0.4) is 0 Å². The topological polar surface area (TPSA) is 62.9 Å². The van der Waals surface area contributed by atoms with Crippen LogP contribution in [0, 0.1) is 17.6 Å². The Balaban J connectivity index is 0.00000261. The van der Waals surface area contributed by atoms with Crippen LogP contribution in [0.15, 0.2) is 47.5 Å². The first kappa shape index (κ1) is 21.2. The fourth-order valence-corrected chi connectivity index (χ4v) is 3.05. The Hall–Kier alpha value is -2.10. The second-order valence-electron chi connectivity index (χ2n) is 6.25. The molecule has 2 aromatic carbocycles. The summed E-state index contributed by atoms with van der Waals surface area (Å²) in [6.45, 7) is 2.08. The van der Waals surface area contributed by atoms with Gasteiger partial charge < -0.3 is 20.7 Å². The number of halogens is 3. The fourth-order valence-electron chi connectivity index (χ4n) is 3.05. The minimum Gasteiger partial charge on any atom is -0.495 e. The summed E-state index contributed by atoms with van der Waals surface area (Å²) >= 11 is 0. The molecule has 1 aliphatic heterocycles. The summed E-state index contributed by atoms with van der Waals surface area (Å²) in [4.78, 5) is 6.44. The van der Waals surface area contributed by atoms with Gasteiger partial charge in [0.25, 0.3) is 0 Å². The van der Waals surface area contributed by atoms with Gasteiger partial charge in [-0.1, -0.05) is 12.1 Å². The zero-order valence-electron chi connectivity index (χ0n) is 15.0. The number of benzene rings is 2. The van der Waals surface area contributed by atoms with Crippen LogP contribution in [0.5, 0.6) is 5.75 Å². The molecule has 0 bridgehead atoms. The average Bonchev–Trinajstić information content (AvgIpc) is 3.12. The highest BCUT2D eigenvalue weighted by Crippen LogP contribution is 2.26. The van der Waals surface area contributed by atoms with Crippen molar-refractivity contribution in [1.29, 1.82) is 0 Å². The van der Waals surface area contributed by atoms with Crippen molar-refractivity contribution in [2.24, 2.45) is 16.6 Å². The fraction of sp³-hybridized carbons (Fsp3) is 0.316. The van der Waals surface area contributed by atoms with Crippen molar-refractivity contribution in [2.75, 3.05) is 37.0 Å². The predicted octanol–water partition coefficient (Wildman–Crippen LogP) is 3.84. The molecule has 0 saturated carbocycles. The molecule has 0 radical (unpaired) electrons. The largest absolute Gasteiger partial charge is 0.495 e. The number of aliphatic imine (C=N–C) groups is 1. The second-order valence-corrected chi connectivity index (χ2v) is 6.25. The van der Waals surface area contributed by atoms with E-state index >= 15 is 0 Å². The highest BCUT2D eigenvalue weighted by atomic mass is 127. The van der Waals surface area contributed by atoms with Crippen molar-refractivity contribution < 1.29 is 13.5 Å². The molecule has 2 aromatic rings. The molecule has 1 aliphatic rings. The van der Waals surface area contributed by atoms with Crippen LogP contribution in [0.2, 0.25) is 0 Å². The van der Waals surface area contributed by atoms with Gasteiger partial charge in [0.2, 0.25) is 0 Å². The predicted molar refractivity (Wildman–Crippen MR) is 115 cm³/mol. The average molecular weight is 488 g/mol. The maximum atomic E-state index is 13.4. The van der Waals surface area contributed by atoms with E-state index in [0.29, 0.717) is 29.9 Å². The molecule has 1 saturated heterocycles. The normalized spacial score (nSPS) is 16.8. The summed E-state index contributed by atoms with van der Waals surface area (Å²) < 4.78 is 31.7. The molecular weight excluding hydrogens is 465 g/mol. The van der Waals surface area contributed by atoms with E-state index in [1.807, 2.05) is 29.2 Å². The number of guanidine groups is 1. The number of ether oxygens (including phenoxy) is 1. The smallest absolute Gasteiger partial charge is 0.193 e. The number of nitrogens with two attached hydrogens (primary N) is 1. The molecule has 27 heavy (non-hydrogen) atoms. The molecule has 1 unspecified atom stereocenters.